The summed E-state index contributed by atoms with van der Waals surface area (Å²) in [6.07, 6.45) is 14.8. The van der Waals surface area contributed by atoms with E-state index in [2.05, 4.69) is 63.5 Å². The molecule has 0 bridgehead atoms. The van der Waals surface area contributed by atoms with Gasteiger partial charge in [0.2, 0.25) is 0 Å². The fraction of sp³-hybridized carbons (Fsp3) is 0.618. The van der Waals surface area contributed by atoms with Crippen LogP contribution in [0.15, 0.2) is 54.6 Å². The summed E-state index contributed by atoms with van der Waals surface area (Å²) in [6.45, 7) is 7.10. The molecule has 0 amide bonds. The molecule has 0 aliphatic rings. The molecule has 1 atom stereocenters. The molecule has 0 radical (unpaired) electrons. The summed E-state index contributed by atoms with van der Waals surface area (Å²) in [7, 11) is 4.43. The van der Waals surface area contributed by atoms with Gasteiger partial charge in [-0.15, -0.1) is 0 Å². The standard InChI is InChI=1S/C34H54NO3/c1-5-6-7-8-9-10-11-12-14-19-31-22-17-23-33(28-31)37-26-18-27-38-34(36)30(2)24-25-35(3,4)29-32-20-15-13-16-21-32/h13,15-17,20-23,28,30H,5-12,14,18-19,24-27,29H2,1-4H3/q+1. The van der Waals surface area contributed by atoms with Gasteiger partial charge in [0.05, 0.1) is 39.8 Å². The smallest absolute Gasteiger partial charge is 0.308 e. The fourth-order valence-electron chi connectivity index (χ4n) is 4.81. The third-order valence-electron chi connectivity index (χ3n) is 7.29. The van der Waals surface area contributed by atoms with Gasteiger partial charge in [-0.3, -0.25) is 4.79 Å². The van der Waals surface area contributed by atoms with E-state index < -0.39 is 0 Å². The van der Waals surface area contributed by atoms with Crippen LogP contribution in [0.3, 0.4) is 0 Å². The predicted molar refractivity (Wildman–Crippen MR) is 159 cm³/mol. The zero-order valence-corrected chi connectivity index (χ0v) is 24.8. The van der Waals surface area contributed by atoms with Crippen LogP contribution in [-0.4, -0.2) is 44.3 Å². The zero-order chi connectivity index (χ0) is 27.5. The second-order valence-corrected chi connectivity index (χ2v) is 11.6. The van der Waals surface area contributed by atoms with Crippen molar-refractivity contribution < 1.29 is 18.8 Å². The number of unbranched alkanes of at least 4 members (excludes halogenated alkanes) is 8. The molecule has 2 aromatic rings. The molecule has 4 nitrogen and oxygen atoms in total. The summed E-state index contributed by atoms with van der Waals surface area (Å²) in [4.78, 5) is 12.5. The van der Waals surface area contributed by atoms with E-state index >= 15 is 0 Å². The largest absolute Gasteiger partial charge is 0.493 e. The lowest BCUT2D eigenvalue weighted by atomic mass is 10.0. The van der Waals surface area contributed by atoms with Crippen LogP contribution >= 0.6 is 0 Å². The average molecular weight is 525 g/mol. The lowest BCUT2D eigenvalue weighted by Crippen LogP contribution is -2.40. The lowest BCUT2D eigenvalue weighted by molar-refractivity contribution is -0.904. The van der Waals surface area contributed by atoms with Crippen LogP contribution in [-0.2, 0) is 22.5 Å². The van der Waals surface area contributed by atoms with Crippen LogP contribution in [0.25, 0.3) is 0 Å². The Morgan fingerprint density at radius 3 is 2.16 bits per heavy atom. The Hall–Kier alpha value is -2.33. The number of nitrogens with zero attached hydrogens (tertiary/aromatic N) is 1. The van der Waals surface area contributed by atoms with Crippen LogP contribution in [0.2, 0.25) is 0 Å². The van der Waals surface area contributed by atoms with Crippen LogP contribution in [0, 0.1) is 5.92 Å². The molecule has 1 unspecified atom stereocenters. The monoisotopic (exact) mass is 524 g/mol. The maximum atomic E-state index is 12.5. The first-order valence-corrected chi connectivity index (χ1v) is 15.1. The van der Waals surface area contributed by atoms with E-state index in [9.17, 15) is 4.79 Å². The Bertz CT molecular complexity index is 880. The molecule has 38 heavy (non-hydrogen) atoms. The zero-order valence-electron chi connectivity index (χ0n) is 24.8. The number of aryl methyl sites for hydroxylation is 1. The minimum absolute atomic E-state index is 0.0955. The summed E-state index contributed by atoms with van der Waals surface area (Å²) < 4.78 is 12.3. The highest BCUT2D eigenvalue weighted by Gasteiger charge is 2.21. The Kier molecular flexibility index (Phi) is 15.8. The second kappa shape index (κ2) is 18.8. The SMILES string of the molecule is CCCCCCCCCCCc1cccc(OCCCOC(=O)C(C)CC[N+](C)(C)Cc2ccccc2)c1. The minimum atomic E-state index is -0.104. The average Bonchev–Trinajstić information content (AvgIpc) is 2.91. The molecule has 2 rings (SSSR count). The number of hydrogen-bond donors (Lipinski definition) is 0. The fourth-order valence-corrected chi connectivity index (χ4v) is 4.81. The second-order valence-electron chi connectivity index (χ2n) is 11.6. The van der Waals surface area contributed by atoms with Crippen molar-refractivity contribution in [2.75, 3.05) is 33.9 Å². The van der Waals surface area contributed by atoms with Gasteiger partial charge in [-0.2, -0.15) is 0 Å². The molecule has 2 aromatic carbocycles. The van der Waals surface area contributed by atoms with Gasteiger partial charge in [-0.25, -0.2) is 0 Å². The van der Waals surface area contributed by atoms with Crippen molar-refractivity contribution >= 4 is 5.97 Å². The number of esters is 1. The van der Waals surface area contributed by atoms with E-state index in [0.717, 1.165) is 36.2 Å². The van der Waals surface area contributed by atoms with Gasteiger partial charge in [-0.05, 0) is 30.5 Å². The molecule has 0 spiro atoms. The number of benzene rings is 2. The summed E-state index contributed by atoms with van der Waals surface area (Å²) in [5.41, 5.74) is 2.67. The van der Waals surface area contributed by atoms with Crippen LogP contribution in [0.1, 0.15) is 95.6 Å². The molecule has 0 fully saturated rings. The summed E-state index contributed by atoms with van der Waals surface area (Å²) >= 11 is 0. The van der Waals surface area contributed by atoms with E-state index in [0.29, 0.717) is 19.6 Å². The number of carbonyl (C=O) groups is 1. The Labute approximate surface area is 233 Å². The first kappa shape index (κ1) is 31.9. The van der Waals surface area contributed by atoms with Gasteiger partial charge >= 0.3 is 5.97 Å². The minimum Gasteiger partial charge on any atom is -0.493 e. The van der Waals surface area contributed by atoms with Gasteiger partial charge in [0.15, 0.2) is 0 Å². The summed E-state index contributed by atoms with van der Waals surface area (Å²) in [6, 6.07) is 19.0. The highest BCUT2D eigenvalue weighted by molar-refractivity contribution is 5.71. The Morgan fingerprint density at radius 2 is 1.45 bits per heavy atom. The lowest BCUT2D eigenvalue weighted by Gasteiger charge is -2.30. The molecular formula is C34H54NO3+. The van der Waals surface area contributed by atoms with Crippen molar-refractivity contribution in [1.29, 1.82) is 0 Å². The van der Waals surface area contributed by atoms with Crippen LogP contribution < -0.4 is 4.74 Å². The van der Waals surface area contributed by atoms with Crippen molar-refractivity contribution in [2.24, 2.45) is 5.92 Å². The number of carbonyl (C=O) groups excluding carboxylic acids is 1. The molecule has 0 aliphatic heterocycles. The van der Waals surface area contributed by atoms with E-state index in [-0.39, 0.29) is 11.9 Å². The highest BCUT2D eigenvalue weighted by atomic mass is 16.5. The molecule has 0 saturated carbocycles. The molecule has 0 saturated heterocycles. The number of ether oxygens (including phenoxy) is 2. The van der Waals surface area contributed by atoms with Gasteiger partial charge in [0.25, 0.3) is 0 Å². The van der Waals surface area contributed by atoms with Crippen LogP contribution in [0.4, 0.5) is 0 Å². The third kappa shape index (κ3) is 14.6. The Morgan fingerprint density at radius 1 is 0.789 bits per heavy atom. The van der Waals surface area contributed by atoms with Crippen molar-refractivity contribution in [2.45, 2.75) is 97.4 Å². The van der Waals surface area contributed by atoms with Gasteiger partial charge in [0, 0.05) is 18.4 Å². The molecule has 212 valence electrons. The topological polar surface area (TPSA) is 35.5 Å². The van der Waals surface area contributed by atoms with E-state index in [4.69, 9.17) is 9.47 Å². The van der Waals surface area contributed by atoms with Crippen molar-refractivity contribution in [3.63, 3.8) is 0 Å². The summed E-state index contributed by atoms with van der Waals surface area (Å²) in [5.74, 6) is 0.714. The number of hydrogen-bond acceptors (Lipinski definition) is 3. The molecule has 0 aromatic heterocycles. The van der Waals surface area contributed by atoms with Gasteiger partial charge in [-0.1, -0.05) is 108 Å². The third-order valence-corrected chi connectivity index (χ3v) is 7.29. The highest BCUT2D eigenvalue weighted by Crippen LogP contribution is 2.18. The van der Waals surface area contributed by atoms with Crippen molar-refractivity contribution in [3.8, 4) is 5.75 Å². The Balaban J connectivity index is 1.54. The molecule has 0 heterocycles. The van der Waals surface area contributed by atoms with Crippen molar-refractivity contribution in [1.82, 2.24) is 0 Å². The van der Waals surface area contributed by atoms with Gasteiger partial charge < -0.3 is 14.0 Å². The molecule has 4 heteroatoms. The van der Waals surface area contributed by atoms with Crippen LogP contribution in [0.5, 0.6) is 5.75 Å². The van der Waals surface area contributed by atoms with E-state index in [1.54, 1.807) is 0 Å². The maximum Gasteiger partial charge on any atom is 0.308 e. The molecular weight excluding hydrogens is 470 g/mol. The molecule has 0 aliphatic carbocycles. The quantitative estimate of drug-likeness (QED) is 0.0934. The van der Waals surface area contributed by atoms with Gasteiger partial charge in [0.1, 0.15) is 12.3 Å². The predicted octanol–water partition coefficient (Wildman–Crippen LogP) is 8.37. The maximum absolute atomic E-state index is 12.5. The first-order valence-electron chi connectivity index (χ1n) is 15.1. The van der Waals surface area contributed by atoms with E-state index in [1.807, 2.05) is 19.1 Å². The first-order chi connectivity index (χ1) is 18.4. The molecule has 0 N–H and O–H groups in total. The number of rotatable bonds is 21. The van der Waals surface area contributed by atoms with E-state index in [1.165, 1.54) is 68.9 Å². The number of quaternary nitrogens is 1. The normalized spacial score (nSPS) is 12.3. The summed E-state index contributed by atoms with van der Waals surface area (Å²) in [5, 5.41) is 0. The van der Waals surface area contributed by atoms with Crippen molar-refractivity contribution in [3.05, 3.63) is 65.7 Å².